The molecule has 4 rings (SSSR count). The summed E-state index contributed by atoms with van der Waals surface area (Å²) in [5.41, 5.74) is 0.219. The van der Waals surface area contributed by atoms with Crippen LogP contribution in [0.15, 0.2) is 69.1 Å². The minimum absolute atomic E-state index is 0.00221. The lowest BCUT2D eigenvalue weighted by Crippen LogP contribution is -2.50. The summed E-state index contributed by atoms with van der Waals surface area (Å²) >= 11 is 1.12. The van der Waals surface area contributed by atoms with Crippen molar-refractivity contribution in [3.05, 3.63) is 65.5 Å². The molecule has 0 unspecified atom stereocenters. The van der Waals surface area contributed by atoms with Gasteiger partial charge in [0.05, 0.1) is 36.8 Å². The molecule has 0 saturated carbocycles. The third-order valence-corrected chi connectivity index (χ3v) is 11.5. The fraction of sp³-hybridized carbons (Fsp3) is 0.370. The molecule has 2 aromatic carbocycles. The Morgan fingerprint density at radius 3 is 2.49 bits per heavy atom. The summed E-state index contributed by atoms with van der Waals surface area (Å²) in [6.07, 6.45) is -0.656. The minimum Gasteiger partial charge on any atom is -0.497 e. The lowest BCUT2D eigenvalue weighted by Gasteiger charge is -2.38. The van der Waals surface area contributed by atoms with E-state index in [9.17, 15) is 26.7 Å². The summed E-state index contributed by atoms with van der Waals surface area (Å²) in [5, 5.41) is 11.6. The van der Waals surface area contributed by atoms with Gasteiger partial charge in [-0.15, -0.1) is 11.3 Å². The number of rotatable bonds is 10. The number of hydrogen-bond donors (Lipinski definition) is 2. The second-order valence-electron chi connectivity index (χ2n) is 9.83. The van der Waals surface area contributed by atoms with E-state index < -0.39 is 38.1 Å². The Labute approximate surface area is 244 Å². The standard InChI is InChI=1S/C27H33N3O8S3/c1-18-15-30(19(2)17-31)27(32)23-14-20(28-40(33,34)22-10-8-21(37-4)9-11-22)7-12-24(23)38-25(18)16-29(3)41(35,36)26-6-5-13-39-26/h5-14,18-19,25,28,31H,15-17H2,1-4H3/t18-,19-,25+/m0/s1. The van der Waals surface area contributed by atoms with Gasteiger partial charge < -0.3 is 19.5 Å². The molecule has 222 valence electrons. The zero-order valence-corrected chi connectivity index (χ0v) is 25.5. The first-order chi connectivity index (χ1) is 19.4. The molecule has 0 bridgehead atoms. The smallest absolute Gasteiger partial charge is 0.261 e. The van der Waals surface area contributed by atoms with Crippen LogP contribution in [0.2, 0.25) is 0 Å². The number of anilines is 1. The van der Waals surface area contributed by atoms with Gasteiger partial charge in [0, 0.05) is 25.2 Å². The normalized spacial score (nSPS) is 18.7. The molecule has 2 N–H and O–H groups in total. The predicted molar refractivity (Wildman–Crippen MR) is 156 cm³/mol. The second-order valence-corrected chi connectivity index (χ2v) is 14.7. The Hall–Kier alpha value is -3.17. The molecule has 14 heteroatoms. The summed E-state index contributed by atoms with van der Waals surface area (Å²) in [7, 11) is -4.79. The molecule has 1 aliphatic rings. The minimum atomic E-state index is -3.99. The lowest BCUT2D eigenvalue weighted by atomic mass is 9.99. The van der Waals surface area contributed by atoms with Crippen LogP contribution in [-0.4, -0.2) is 83.1 Å². The van der Waals surface area contributed by atoms with Crippen molar-refractivity contribution in [2.45, 2.75) is 35.1 Å². The van der Waals surface area contributed by atoms with Crippen molar-refractivity contribution in [1.29, 1.82) is 0 Å². The van der Waals surface area contributed by atoms with Crippen molar-refractivity contribution >= 4 is 43.0 Å². The highest BCUT2D eigenvalue weighted by molar-refractivity contribution is 7.92. The Morgan fingerprint density at radius 2 is 1.88 bits per heavy atom. The van der Waals surface area contributed by atoms with Crippen LogP contribution < -0.4 is 14.2 Å². The summed E-state index contributed by atoms with van der Waals surface area (Å²) in [6.45, 7) is 3.44. The fourth-order valence-corrected chi connectivity index (χ4v) is 7.82. The zero-order chi connectivity index (χ0) is 29.9. The third kappa shape index (κ3) is 6.67. The van der Waals surface area contributed by atoms with Gasteiger partial charge in [-0.1, -0.05) is 13.0 Å². The number of likely N-dealkylation sites (N-methyl/N-ethyl adjacent to an activating group) is 1. The van der Waals surface area contributed by atoms with Gasteiger partial charge in [-0.3, -0.25) is 9.52 Å². The van der Waals surface area contributed by atoms with Gasteiger partial charge in [0.2, 0.25) is 0 Å². The molecule has 2 heterocycles. The number of carbonyl (C=O) groups excluding carboxylic acids is 1. The van der Waals surface area contributed by atoms with Crippen LogP contribution in [0.4, 0.5) is 5.69 Å². The molecule has 0 spiro atoms. The van der Waals surface area contributed by atoms with E-state index in [-0.39, 0.29) is 51.7 Å². The SMILES string of the molecule is COc1ccc(S(=O)(=O)Nc2ccc3c(c2)C(=O)N([C@@H](C)CO)C[C@H](C)[C@@H](CN(C)S(=O)(=O)c2cccs2)O3)cc1. The number of thiophene rings is 1. The average molecular weight is 624 g/mol. The topological polar surface area (TPSA) is 143 Å². The van der Waals surface area contributed by atoms with Crippen LogP contribution in [0, 0.1) is 5.92 Å². The van der Waals surface area contributed by atoms with Crippen LogP contribution in [0.5, 0.6) is 11.5 Å². The first-order valence-corrected chi connectivity index (χ1v) is 16.6. The molecule has 3 atom stereocenters. The van der Waals surface area contributed by atoms with E-state index in [1.807, 2.05) is 6.92 Å². The van der Waals surface area contributed by atoms with E-state index in [1.165, 1.54) is 71.9 Å². The van der Waals surface area contributed by atoms with Crippen LogP contribution >= 0.6 is 11.3 Å². The summed E-state index contributed by atoms with van der Waals surface area (Å²) in [6, 6.07) is 12.8. The number of nitrogens with one attached hydrogen (secondary N) is 1. The Morgan fingerprint density at radius 1 is 1.17 bits per heavy atom. The number of sulfonamides is 2. The summed E-state index contributed by atoms with van der Waals surface area (Å²) in [4.78, 5) is 15.2. The molecule has 3 aromatic rings. The largest absolute Gasteiger partial charge is 0.497 e. The van der Waals surface area contributed by atoms with E-state index in [0.717, 1.165) is 11.3 Å². The highest BCUT2D eigenvalue weighted by Crippen LogP contribution is 2.32. The third-order valence-electron chi connectivity index (χ3n) is 6.88. The molecule has 1 amide bonds. The number of benzene rings is 2. The summed E-state index contributed by atoms with van der Waals surface area (Å²) in [5.74, 6) is -0.0771. The number of carbonyl (C=O) groups is 1. The number of aliphatic hydroxyl groups is 1. The molecule has 0 saturated heterocycles. The van der Waals surface area contributed by atoms with E-state index in [1.54, 1.807) is 18.4 Å². The average Bonchev–Trinajstić information content (AvgIpc) is 3.51. The van der Waals surface area contributed by atoms with Gasteiger partial charge in [0.25, 0.3) is 26.0 Å². The van der Waals surface area contributed by atoms with Crippen molar-refractivity contribution in [1.82, 2.24) is 9.21 Å². The highest BCUT2D eigenvalue weighted by atomic mass is 32.2. The van der Waals surface area contributed by atoms with Crippen LogP contribution in [0.3, 0.4) is 0 Å². The number of ether oxygens (including phenoxy) is 2. The van der Waals surface area contributed by atoms with Crippen molar-refractivity contribution in [2.75, 3.05) is 38.6 Å². The number of methoxy groups -OCH3 is 1. The highest BCUT2D eigenvalue weighted by Gasteiger charge is 2.35. The molecule has 1 aliphatic heterocycles. The predicted octanol–water partition coefficient (Wildman–Crippen LogP) is 3.10. The van der Waals surface area contributed by atoms with E-state index in [2.05, 4.69) is 4.72 Å². The van der Waals surface area contributed by atoms with E-state index in [0.29, 0.717) is 5.75 Å². The van der Waals surface area contributed by atoms with Gasteiger partial charge in [0.1, 0.15) is 21.8 Å². The summed E-state index contributed by atoms with van der Waals surface area (Å²) < 4.78 is 67.5. The first-order valence-electron chi connectivity index (χ1n) is 12.8. The molecule has 0 fully saturated rings. The van der Waals surface area contributed by atoms with Crippen molar-refractivity contribution in [3.63, 3.8) is 0 Å². The van der Waals surface area contributed by atoms with Gasteiger partial charge in [-0.05, 0) is 60.8 Å². The van der Waals surface area contributed by atoms with Crippen LogP contribution in [0.1, 0.15) is 24.2 Å². The zero-order valence-electron chi connectivity index (χ0n) is 23.1. The van der Waals surface area contributed by atoms with Crippen molar-refractivity contribution < 1.29 is 36.2 Å². The monoisotopic (exact) mass is 623 g/mol. The van der Waals surface area contributed by atoms with Crippen molar-refractivity contribution in [3.8, 4) is 11.5 Å². The lowest BCUT2D eigenvalue weighted by molar-refractivity contribution is 0.0387. The molecular weight excluding hydrogens is 591 g/mol. The second kappa shape index (κ2) is 12.4. The van der Waals surface area contributed by atoms with E-state index >= 15 is 0 Å². The van der Waals surface area contributed by atoms with Gasteiger partial charge >= 0.3 is 0 Å². The maximum atomic E-state index is 13.7. The number of nitrogens with zero attached hydrogens (tertiary/aromatic N) is 2. The number of amides is 1. The molecule has 0 aliphatic carbocycles. The molecule has 11 nitrogen and oxygen atoms in total. The van der Waals surface area contributed by atoms with Gasteiger partial charge in [0.15, 0.2) is 0 Å². The van der Waals surface area contributed by atoms with Crippen molar-refractivity contribution in [2.24, 2.45) is 5.92 Å². The molecule has 41 heavy (non-hydrogen) atoms. The maximum Gasteiger partial charge on any atom is 0.261 e. The Balaban J connectivity index is 1.67. The maximum absolute atomic E-state index is 13.7. The Kier molecular flexibility index (Phi) is 9.29. The number of aliphatic hydroxyl groups excluding tert-OH is 1. The molecule has 0 radical (unpaired) electrons. The first kappa shape index (κ1) is 30.8. The van der Waals surface area contributed by atoms with Gasteiger partial charge in [-0.25, -0.2) is 16.8 Å². The molecular formula is C27H33N3O8S3. The molecule has 1 aromatic heterocycles. The number of fused-ring (bicyclic) bond motifs is 1. The fourth-order valence-electron chi connectivity index (χ4n) is 4.39. The van der Waals surface area contributed by atoms with Gasteiger partial charge in [-0.2, -0.15) is 4.31 Å². The Bertz CT molecular complexity index is 1580. The van der Waals surface area contributed by atoms with Crippen LogP contribution in [-0.2, 0) is 20.0 Å². The number of hydrogen-bond acceptors (Lipinski definition) is 9. The quantitative estimate of drug-likeness (QED) is 0.351. The van der Waals surface area contributed by atoms with E-state index in [4.69, 9.17) is 9.47 Å². The van der Waals surface area contributed by atoms with Crippen LogP contribution in [0.25, 0.3) is 0 Å².